The van der Waals surface area contributed by atoms with Gasteiger partial charge >= 0.3 is 0 Å². The molecule has 1 aromatic heterocycles. The summed E-state index contributed by atoms with van der Waals surface area (Å²) in [4.78, 5) is 12.9. The van der Waals surface area contributed by atoms with Gasteiger partial charge in [0.15, 0.2) is 12.2 Å². The van der Waals surface area contributed by atoms with Gasteiger partial charge in [0.2, 0.25) is 5.78 Å². The zero-order valence-electron chi connectivity index (χ0n) is 16.7. The second-order valence-electron chi connectivity index (χ2n) is 8.57. The molecule has 0 amide bonds. The number of benzene rings is 2. The van der Waals surface area contributed by atoms with E-state index in [1.54, 1.807) is 0 Å². The molecule has 0 spiro atoms. The first-order valence-corrected chi connectivity index (χ1v) is 10.2. The smallest absolute Gasteiger partial charge is 0.257 e. The van der Waals surface area contributed by atoms with Crippen molar-refractivity contribution in [1.29, 1.82) is 0 Å². The number of rotatable bonds is 4. The number of nitrogens with zero attached hydrogens (tertiary/aromatic N) is 2. The summed E-state index contributed by atoms with van der Waals surface area (Å²) >= 11 is 6.04. The molecule has 0 bridgehead atoms. The molecular weight excluding hydrogens is 368 g/mol. The summed E-state index contributed by atoms with van der Waals surface area (Å²) in [6, 6.07) is 16.0. The molecule has 0 N–H and O–H groups in total. The molecule has 4 rings (SSSR count). The van der Waals surface area contributed by atoms with Crippen molar-refractivity contribution in [3.8, 4) is 11.3 Å². The van der Waals surface area contributed by atoms with E-state index in [9.17, 15) is 4.79 Å². The molecule has 0 unspecified atom stereocenters. The summed E-state index contributed by atoms with van der Waals surface area (Å²) in [6.07, 6.45) is 4.23. The Hall–Kier alpha value is -2.39. The molecule has 4 heteroatoms. The molecule has 28 heavy (non-hydrogen) atoms. The van der Waals surface area contributed by atoms with E-state index >= 15 is 0 Å². The summed E-state index contributed by atoms with van der Waals surface area (Å²) in [5.74, 6) is 1.37. The zero-order chi connectivity index (χ0) is 19.9. The van der Waals surface area contributed by atoms with Crippen LogP contribution in [0, 0.1) is 0 Å². The van der Waals surface area contributed by atoms with Crippen molar-refractivity contribution >= 4 is 17.4 Å². The number of ketones is 1. The molecule has 144 valence electrons. The highest BCUT2D eigenvalue weighted by Crippen LogP contribution is 2.26. The number of aromatic nitrogens is 2. The summed E-state index contributed by atoms with van der Waals surface area (Å²) in [5, 5.41) is 0.735. The lowest BCUT2D eigenvalue weighted by atomic mass is 9.86. The van der Waals surface area contributed by atoms with E-state index in [0.29, 0.717) is 6.54 Å². The lowest BCUT2D eigenvalue weighted by Crippen LogP contribution is -2.40. The quantitative estimate of drug-likeness (QED) is 0.440. The number of imidazole rings is 1. The Labute approximate surface area is 171 Å². The summed E-state index contributed by atoms with van der Waals surface area (Å²) < 4.78 is 4.45. The van der Waals surface area contributed by atoms with Crippen molar-refractivity contribution in [2.75, 3.05) is 0 Å². The Morgan fingerprint density at radius 3 is 2.39 bits per heavy atom. The van der Waals surface area contributed by atoms with Gasteiger partial charge in [-0.05, 0) is 41.7 Å². The highest BCUT2D eigenvalue weighted by atomic mass is 35.5. The molecule has 2 aromatic carbocycles. The minimum atomic E-state index is 0.0902. The molecule has 0 saturated heterocycles. The molecule has 2 heterocycles. The highest BCUT2D eigenvalue weighted by Gasteiger charge is 2.29. The third-order valence-electron chi connectivity index (χ3n) is 5.52. The Kier molecular flexibility index (Phi) is 4.88. The van der Waals surface area contributed by atoms with Crippen molar-refractivity contribution in [3.63, 3.8) is 0 Å². The third-order valence-corrected chi connectivity index (χ3v) is 5.77. The van der Waals surface area contributed by atoms with Crippen LogP contribution < -0.4 is 4.57 Å². The number of hydrogen-bond acceptors (Lipinski definition) is 1. The standard InChI is InChI=1S/C24H26ClN2O/c1-24(2,3)19-10-6-18(7-11-19)22(28)16-26-15-21(27-14-4-5-23(26)27)17-8-12-20(25)13-9-17/h6-13,15H,4-5,14,16H2,1-3H3/q+1. The fourth-order valence-corrected chi connectivity index (χ4v) is 4.03. The van der Waals surface area contributed by atoms with E-state index in [1.807, 2.05) is 36.4 Å². The van der Waals surface area contributed by atoms with Gasteiger partial charge in [0, 0.05) is 16.1 Å². The third kappa shape index (κ3) is 3.64. The van der Waals surface area contributed by atoms with Crippen LogP contribution in [0.1, 0.15) is 48.9 Å². The van der Waals surface area contributed by atoms with E-state index in [2.05, 4.69) is 48.2 Å². The molecule has 0 aliphatic carbocycles. The fourth-order valence-electron chi connectivity index (χ4n) is 3.90. The number of carbonyl (C=O) groups is 1. The maximum atomic E-state index is 12.9. The minimum Gasteiger partial charge on any atom is -0.290 e. The Morgan fingerprint density at radius 1 is 1.07 bits per heavy atom. The maximum Gasteiger partial charge on any atom is 0.257 e. The molecule has 1 aliphatic heterocycles. The van der Waals surface area contributed by atoms with Crippen LogP contribution in [-0.2, 0) is 24.9 Å². The fraction of sp³-hybridized carbons (Fsp3) is 0.333. The van der Waals surface area contributed by atoms with Gasteiger partial charge in [-0.2, -0.15) is 0 Å². The zero-order valence-corrected chi connectivity index (χ0v) is 17.5. The molecule has 0 atom stereocenters. The summed E-state index contributed by atoms with van der Waals surface area (Å²) in [6.45, 7) is 7.92. The van der Waals surface area contributed by atoms with Gasteiger partial charge in [-0.15, -0.1) is 0 Å². The molecule has 0 saturated carbocycles. The number of fused-ring (bicyclic) bond motifs is 1. The van der Waals surface area contributed by atoms with Crippen molar-refractivity contribution in [1.82, 2.24) is 4.57 Å². The second-order valence-corrected chi connectivity index (χ2v) is 9.01. The van der Waals surface area contributed by atoms with Crippen molar-refractivity contribution < 1.29 is 9.36 Å². The highest BCUT2D eigenvalue weighted by molar-refractivity contribution is 6.30. The number of Topliss-reactive ketones (excluding diaryl/α,β-unsaturated/α-hetero) is 1. The van der Waals surface area contributed by atoms with Gasteiger partial charge in [0.05, 0.1) is 13.0 Å². The number of hydrogen-bond donors (Lipinski definition) is 0. The minimum absolute atomic E-state index is 0.0902. The van der Waals surface area contributed by atoms with Gasteiger partial charge < -0.3 is 0 Å². The Morgan fingerprint density at radius 2 is 1.75 bits per heavy atom. The number of carbonyl (C=O) groups excluding carboxylic acids is 1. The first-order chi connectivity index (χ1) is 13.3. The summed E-state index contributed by atoms with van der Waals surface area (Å²) in [7, 11) is 0. The number of halogens is 1. The Bertz CT molecular complexity index is 1010. The Balaban J connectivity index is 1.61. The van der Waals surface area contributed by atoms with Crippen molar-refractivity contribution in [2.45, 2.75) is 52.1 Å². The van der Waals surface area contributed by atoms with E-state index < -0.39 is 0 Å². The van der Waals surface area contributed by atoms with Crippen LogP contribution >= 0.6 is 11.6 Å². The maximum absolute atomic E-state index is 12.9. The van der Waals surface area contributed by atoms with Crippen LogP contribution in [0.3, 0.4) is 0 Å². The predicted molar refractivity (Wildman–Crippen MR) is 113 cm³/mol. The second kappa shape index (κ2) is 7.21. The van der Waals surface area contributed by atoms with Gasteiger partial charge in [-0.25, -0.2) is 9.13 Å². The van der Waals surface area contributed by atoms with Crippen molar-refractivity contribution in [2.24, 2.45) is 0 Å². The van der Waals surface area contributed by atoms with Crippen LogP contribution in [0.25, 0.3) is 11.3 Å². The molecule has 3 nitrogen and oxygen atoms in total. The van der Waals surface area contributed by atoms with Gasteiger partial charge in [0.25, 0.3) is 5.82 Å². The van der Waals surface area contributed by atoms with Gasteiger partial charge in [0.1, 0.15) is 6.20 Å². The molecule has 3 aromatic rings. The first kappa shape index (κ1) is 18.9. The monoisotopic (exact) mass is 393 g/mol. The van der Waals surface area contributed by atoms with Gasteiger partial charge in [-0.3, -0.25) is 4.79 Å². The van der Waals surface area contributed by atoms with E-state index in [0.717, 1.165) is 41.2 Å². The van der Waals surface area contributed by atoms with Crippen LogP contribution in [0.5, 0.6) is 0 Å². The topological polar surface area (TPSA) is 25.9 Å². The lowest BCUT2D eigenvalue weighted by molar-refractivity contribution is -0.689. The van der Waals surface area contributed by atoms with Crippen LogP contribution in [0.15, 0.2) is 54.7 Å². The molecule has 1 aliphatic rings. The first-order valence-electron chi connectivity index (χ1n) is 9.84. The molecule has 0 radical (unpaired) electrons. The largest absolute Gasteiger partial charge is 0.290 e. The normalized spacial score (nSPS) is 13.6. The lowest BCUT2D eigenvalue weighted by Gasteiger charge is -2.18. The van der Waals surface area contributed by atoms with Crippen LogP contribution in [0.2, 0.25) is 5.02 Å². The molecular formula is C24H26ClN2O+. The van der Waals surface area contributed by atoms with E-state index in [-0.39, 0.29) is 11.2 Å². The van der Waals surface area contributed by atoms with E-state index in [1.165, 1.54) is 11.4 Å². The predicted octanol–water partition coefficient (Wildman–Crippen LogP) is 5.22. The van der Waals surface area contributed by atoms with Crippen molar-refractivity contribution in [3.05, 3.63) is 76.7 Å². The van der Waals surface area contributed by atoms with Crippen LogP contribution in [0.4, 0.5) is 0 Å². The summed E-state index contributed by atoms with van der Waals surface area (Å²) in [5.41, 5.74) is 4.39. The van der Waals surface area contributed by atoms with Gasteiger partial charge in [-0.1, -0.05) is 56.6 Å². The molecule has 0 fully saturated rings. The SMILES string of the molecule is CC(C)(C)c1ccc(C(=O)C[n+]2cc(-c3ccc(Cl)cc3)n3c2CCC3)cc1. The van der Waals surface area contributed by atoms with E-state index in [4.69, 9.17) is 11.6 Å². The van der Waals surface area contributed by atoms with Crippen LogP contribution in [-0.4, -0.2) is 10.4 Å². The average Bonchev–Trinajstić information content (AvgIpc) is 3.26. The average molecular weight is 394 g/mol.